The standard InChI is InChI=1S/C19H24O4/c1-13(2)16-7-3-15(4-8-16)12-23-19(22)10-6-14-5-9-17(20)18(21)11-14/h5-6,9-11,15-16,20-21H,1,3-4,7-8,12H2,2H3. The monoisotopic (exact) mass is 316 g/mol. The number of rotatable bonds is 5. The molecule has 1 aliphatic carbocycles. The minimum absolute atomic E-state index is 0.185. The van der Waals surface area contributed by atoms with Gasteiger partial charge in [-0.2, -0.15) is 0 Å². The van der Waals surface area contributed by atoms with Crippen LogP contribution < -0.4 is 0 Å². The molecule has 1 aromatic rings. The lowest BCUT2D eigenvalue weighted by Crippen LogP contribution is -2.20. The molecule has 0 atom stereocenters. The molecule has 0 unspecified atom stereocenters. The predicted molar refractivity (Wildman–Crippen MR) is 90.0 cm³/mol. The summed E-state index contributed by atoms with van der Waals surface area (Å²) in [6, 6.07) is 4.37. The lowest BCUT2D eigenvalue weighted by molar-refractivity contribution is -0.139. The first kappa shape index (κ1) is 17.1. The maximum absolute atomic E-state index is 11.7. The van der Waals surface area contributed by atoms with Crippen LogP contribution in [0.2, 0.25) is 0 Å². The van der Waals surface area contributed by atoms with Crippen molar-refractivity contribution in [3.05, 3.63) is 42.0 Å². The minimum atomic E-state index is -0.389. The highest BCUT2D eigenvalue weighted by atomic mass is 16.5. The van der Waals surface area contributed by atoms with Crippen molar-refractivity contribution in [3.63, 3.8) is 0 Å². The molecule has 1 aliphatic rings. The topological polar surface area (TPSA) is 66.8 Å². The van der Waals surface area contributed by atoms with Gasteiger partial charge in [-0.25, -0.2) is 4.79 Å². The number of esters is 1. The number of phenols is 2. The van der Waals surface area contributed by atoms with Crippen molar-refractivity contribution in [1.29, 1.82) is 0 Å². The van der Waals surface area contributed by atoms with E-state index in [2.05, 4.69) is 13.5 Å². The molecular formula is C19H24O4. The normalized spacial score (nSPS) is 21.3. The highest BCUT2D eigenvalue weighted by molar-refractivity contribution is 5.87. The molecule has 0 spiro atoms. The summed E-state index contributed by atoms with van der Waals surface area (Å²) in [6.45, 7) is 6.55. The number of phenolic OH excluding ortho intramolecular Hbond substituents is 2. The van der Waals surface area contributed by atoms with Crippen LogP contribution in [-0.2, 0) is 9.53 Å². The first-order chi connectivity index (χ1) is 11.0. The number of hydrogen-bond acceptors (Lipinski definition) is 4. The SMILES string of the molecule is C=C(C)C1CCC(COC(=O)C=Cc2ccc(O)c(O)c2)CC1. The maximum Gasteiger partial charge on any atom is 0.330 e. The van der Waals surface area contributed by atoms with Gasteiger partial charge in [-0.3, -0.25) is 0 Å². The summed E-state index contributed by atoms with van der Waals surface area (Å²) >= 11 is 0. The Hall–Kier alpha value is -2.23. The van der Waals surface area contributed by atoms with Crippen molar-refractivity contribution < 1.29 is 19.7 Å². The van der Waals surface area contributed by atoms with Crippen LogP contribution in [0.3, 0.4) is 0 Å². The van der Waals surface area contributed by atoms with Gasteiger partial charge in [0.25, 0.3) is 0 Å². The summed E-state index contributed by atoms with van der Waals surface area (Å²) < 4.78 is 5.29. The van der Waals surface area contributed by atoms with Gasteiger partial charge in [0.15, 0.2) is 11.5 Å². The Morgan fingerprint density at radius 1 is 1.26 bits per heavy atom. The Kier molecular flexibility index (Phi) is 5.85. The molecule has 0 amide bonds. The van der Waals surface area contributed by atoms with E-state index in [1.54, 1.807) is 12.1 Å². The second-order valence-corrected chi connectivity index (χ2v) is 6.28. The van der Waals surface area contributed by atoms with Crippen LogP contribution in [0.25, 0.3) is 6.08 Å². The summed E-state index contributed by atoms with van der Waals surface area (Å²) in [7, 11) is 0. The number of carbonyl (C=O) groups excluding carboxylic acids is 1. The molecule has 0 heterocycles. The molecule has 0 aromatic heterocycles. The average Bonchev–Trinajstić information content (AvgIpc) is 2.54. The van der Waals surface area contributed by atoms with Crippen molar-refractivity contribution in [1.82, 2.24) is 0 Å². The quantitative estimate of drug-likeness (QED) is 0.372. The van der Waals surface area contributed by atoms with Crippen LogP contribution >= 0.6 is 0 Å². The number of ether oxygens (including phenoxy) is 1. The lowest BCUT2D eigenvalue weighted by Gasteiger charge is -2.28. The van der Waals surface area contributed by atoms with Gasteiger partial charge in [0, 0.05) is 6.08 Å². The van der Waals surface area contributed by atoms with Crippen LogP contribution in [0.15, 0.2) is 36.4 Å². The number of allylic oxidation sites excluding steroid dienone is 1. The summed E-state index contributed by atoms with van der Waals surface area (Å²) in [5.41, 5.74) is 1.87. The number of aromatic hydroxyl groups is 2. The zero-order chi connectivity index (χ0) is 16.8. The van der Waals surface area contributed by atoms with Gasteiger partial charge < -0.3 is 14.9 Å². The molecule has 23 heavy (non-hydrogen) atoms. The van der Waals surface area contributed by atoms with Gasteiger partial charge in [-0.15, -0.1) is 0 Å². The van der Waals surface area contributed by atoms with Crippen molar-refractivity contribution in [3.8, 4) is 11.5 Å². The summed E-state index contributed by atoms with van der Waals surface area (Å²) in [4.78, 5) is 11.7. The predicted octanol–water partition coefficient (Wildman–Crippen LogP) is 4.04. The summed E-state index contributed by atoms with van der Waals surface area (Å²) in [6.07, 6.45) is 7.28. The fourth-order valence-corrected chi connectivity index (χ4v) is 2.88. The number of benzene rings is 1. The third kappa shape index (κ3) is 5.16. The van der Waals surface area contributed by atoms with Crippen molar-refractivity contribution in [2.75, 3.05) is 6.61 Å². The molecule has 2 rings (SSSR count). The molecule has 124 valence electrons. The molecule has 0 saturated heterocycles. The molecule has 1 fully saturated rings. The summed E-state index contributed by atoms with van der Waals surface area (Å²) in [5, 5.41) is 18.6. The van der Waals surface area contributed by atoms with Crippen molar-refractivity contribution in [2.45, 2.75) is 32.6 Å². The molecule has 0 radical (unpaired) electrons. The van der Waals surface area contributed by atoms with E-state index >= 15 is 0 Å². The largest absolute Gasteiger partial charge is 0.504 e. The van der Waals surface area contributed by atoms with E-state index in [0.717, 1.165) is 25.7 Å². The highest BCUT2D eigenvalue weighted by Gasteiger charge is 2.22. The Morgan fingerprint density at radius 3 is 2.57 bits per heavy atom. The Balaban J connectivity index is 1.76. The van der Waals surface area contributed by atoms with Gasteiger partial charge in [0.2, 0.25) is 0 Å². The van der Waals surface area contributed by atoms with Crippen LogP contribution in [0.4, 0.5) is 0 Å². The molecule has 4 nitrogen and oxygen atoms in total. The van der Waals surface area contributed by atoms with E-state index in [9.17, 15) is 15.0 Å². The summed E-state index contributed by atoms with van der Waals surface area (Å²) in [5.74, 6) is 0.258. The minimum Gasteiger partial charge on any atom is -0.504 e. The van der Waals surface area contributed by atoms with E-state index in [-0.39, 0.29) is 17.5 Å². The second-order valence-electron chi connectivity index (χ2n) is 6.28. The maximum atomic E-state index is 11.7. The Bertz CT molecular complexity index is 595. The molecule has 0 aliphatic heterocycles. The molecular weight excluding hydrogens is 292 g/mol. The molecule has 1 aromatic carbocycles. The van der Waals surface area contributed by atoms with Crippen LogP contribution in [0, 0.1) is 11.8 Å². The molecule has 1 saturated carbocycles. The van der Waals surface area contributed by atoms with Crippen LogP contribution in [0.5, 0.6) is 11.5 Å². The molecule has 4 heteroatoms. The first-order valence-corrected chi connectivity index (χ1v) is 7.98. The van der Waals surface area contributed by atoms with E-state index in [1.165, 1.54) is 23.8 Å². The molecule has 0 bridgehead atoms. The first-order valence-electron chi connectivity index (χ1n) is 7.98. The Morgan fingerprint density at radius 2 is 1.96 bits per heavy atom. The third-order valence-corrected chi connectivity index (χ3v) is 4.42. The molecule has 2 N–H and O–H groups in total. The van der Waals surface area contributed by atoms with E-state index in [0.29, 0.717) is 24.0 Å². The van der Waals surface area contributed by atoms with Gasteiger partial charge in [-0.05, 0) is 68.2 Å². The fourth-order valence-electron chi connectivity index (χ4n) is 2.88. The van der Waals surface area contributed by atoms with Crippen molar-refractivity contribution >= 4 is 12.0 Å². The smallest absolute Gasteiger partial charge is 0.330 e. The number of hydrogen-bond donors (Lipinski definition) is 2. The van der Waals surface area contributed by atoms with Crippen LogP contribution in [0.1, 0.15) is 38.2 Å². The van der Waals surface area contributed by atoms with Gasteiger partial charge in [0.05, 0.1) is 6.61 Å². The van der Waals surface area contributed by atoms with E-state index in [1.807, 2.05) is 0 Å². The second kappa shape index (κ2) is 7.86. The highest BCUT2D eigenvalue weighted by Crippen LogP contribution is 2.32. The van der Waals surface area contributed by atoms with Gasteiger partial charge >= 0.3 is 5.97 Å². The average molecular weight is 316 g/mol. The lowest BCUT2D eigenvalue weighted by atomic mass is 9.79. The number of carbonyl (C=O) groups is 1. The zero-order valence-electron chi connectivity index (χ0n) is 13.5. The van der Waals surface area contributed by atoms with Crippen molar-refractivity contribution in [2.24, 2.45) is 11.8 Å². The third-order valence-electron chi connectivity index (χ3n) is 4.42. The fraction of sp³-hybridized carbons (Fsp3) is 0.421. The van der Waals surface area contributed by atoms with Gasteiger partial charge in [0.1, 0.15) is 0 Å². The van der Waals surface area contributed by atoms with Gasteiger partial charge in [-0.1, -0.05) is 18.2 Å². The zero-order valence-corrected chi connectivity index (χ0v) is 13.5. The van der Waals surface area contributed by atoms with E-state index in [4.69, 9.17) is 4.74 Å². The van der Waals surface area contributed by atoms with E-state index < -0.39 is 0 Å². The Labute approximate surface area is 137 Å². The van der Waals surface area contributed by atoms with Crippen LogP contribution in [-0.4, -0.2) is 22.8 Å².